The van der Waals surface area contributed by atoms with Gasteiger partial charge >= 0.3 is 11.8 Å². The highest BCUT2D eigenvalue weighted by Crippen LogP contribution is 2.39. The molecule has 1 heterocycles. The normalized spacial score (nSPS) is 11.4. The Morgan fingerprint density at radius 1 is 1.10 bits per heavy atom. The Morgan fingerprint density at radius 2 is 1.90 bits per heavy atom. The number of hydrogen-bond donors (Lipinski definition) is 3. The minimum absolute atomic E-state index is 0.461. The summed E-state index contributed by atoms with van der Waals surface area (Å²) >= 11 is 0. The lowest BCUT2D eigenvalue weighted by Gasteiger charge is -2.21. The molecule has 1 aliphatic heterocycles. The maximum absolute atomic E-state index is 11.2. The second kappa shape index (κ2) is 4.58. The summed E-state index contributed by atoms with van der Waals surface area (Å²) in [6.45, 7) is 0. The number of rotatable bonds is 1. The third-order valence-electron chi connectivity index (χ3n) is 2.95. The Labute approximate surface area is 114 Å². The molecule has 0 bridgehead atoms. The molecule has 0 radical (unpaired) electrons. The van der Waals surface area contributed by atoms with E-state index in [4.69, 9.17) is 10.6 Å². The topological polar surface area (TPSA) is 93.5 Å². The van der Waals surface area contributed by atoms with Gasteiger partial charge in [-0.05, 0) is 24.3 Å². The summed E-state index contributed by atoms with van der Waals surface area (Å²) in [4.78, 5) is 27.4. The molecule has 0 aromatic heterocycles. The molecule has 0 saturated heterocycles. The summed E-state index contributed by atoms with van der Waals surface area (Å²) < 4.78 is 0. The van der Waals surface area contributed by atoms with Gasteiger partial charge in [-0.2, -0.15) is 0 Å². The van der Waals surface area contributed by atoms with Gasteiger partial charge in [0, 0.05) is 16.8 Å². The highest BCUT2D eigenvalue weighted by atomic mass is 16.6. The molecule has 1 aliphatic rings. The molecule has 20 heavy (non-hydrogen) atoms. The van der Waals surface area contributed by atoms with Gasteiger partial charge in [0.25, 0.3) is 0 Å². The third kappa shape index (κ3) is 2.03. The van der Waals surface area contributed by atoms with Gasteiger partial charge in [0.2, 0.25) is 0 Å². The standard InChI is InChI=1S/C14H11N3O3/c15-13(18)14(19)16-8-5-6-9-10-3-1-2-4-12(10)20-17-11(9)7-8/h1-7,17H,(H2,15,18)(H,16,19). The molecule has 0 saturated carbocycles. The Kier molecular flexibility index (Phi) is 2.76. The van der Waals surface area contributed by atoms with Crippen molar-refractivity contribution in [2.75, 3.05) is 10.8 Å². The zero-order chi connectivity index (χ0) is 14.1. The van der Waals surface area contributed by atoms with Crippen molar-refractivity contribution in [1.82, 2.24) is 0 Å². The summed E-state index contributed by atoms with van der Waals surface area (Å²) in [5.41, 5.74) is 10.7. The monoisotopic (exact) mass is 269 g/mol. The molecule has 2 aromatic carbocycles. The quantitative estimate of drug-likeness (QED) is 0.684. The van der Waals surface area contributed by atoms with E-state index in [-0.39, 0.29) is 0 Å². The molecule has 6 heteroatoms. The predicted molar refractivity (Wildman–Crippen MR) is 74.0 cm³/mol. The second-order valence-electron chi connectivity index (χ2n) is 4.28. The second-order valence-corrected chi connectivity index (χ2v) is 4.28. The summed E-state index contributed by atoms with van der Waals surface area (Å²) in [6.07, 6.45) is 0. The van der Waals surface area contributed by atoms with Gasteiger partial charge in [-0.25, -0.2) is 5.48 Å². The zero-order valence-corrected chi connectivity index (χ0v) is 10.3. The zero-order valence-electron chi connectivity index (χ0n) is 10.3. The van der Waals surface area contributed by atoms with Gasteiger partial charge in [-0.3, -0.25) is 9.59 Å². The Bertz CT molecular complexity index is 713. The molecular formula is C14H11N3O3. The van der Waals surface area contributed by atoms with Crippen LogP contribution >= 0.6 is 0 Å². The number of para-hydroxylation sites is 1. The van der Waals surface area contributed by atoms with Gasteiger partial charge in [0.05, 0.1) is 5.69 Å². The van der Waals surface area contributed by atoms with Crippen molar-refractivity contribution in [2.24, 2.45) is 5.73 Å². The number of nitrogens with one attached hydrogen (secondary N) is 2. The van der Waals surface area contributed by atoms with E-state index < -0.39 is 11.8 Å². The number of hydrogen-bond acceptors (Lipinski definition) is 4. The summed E-state index contributed by atoms with van der Waals surface area (Å²) in [5.74, 6) is -1.16. The lowest BCUT2D eigenvalue weighted by molar-refractivity contribution is -0.134. The van der Waals surface area contributed by atoms with Crippen LogP contribution in [-0.2, 0) is 9.59 Å². The fourth-order valence-electron chi connectivity index (χ4n) is 2.02. The van der Waals surface area contributed by atoms with E-state index in [9.17, 15) is 9.59 Å². The number of anilines is 2. The van der Waals surface area contributed by atoms with Crippen molar-refractivity contribution < 1.29 is 14.4 Å². The summed E-state index contributed by atoms with van der Waals surface area (Å²) in [7, 11) is 0. The number of primary amides is 1. The van der Waals surface area contributed by atoms with E-state index in [0.29, 0.717) is 11.4 Å². The van der Waals surface area contributed by atoms with Crippen molar-refractivity contribution in [3.8, 4) is 16.9 Å². The molecule has 2 aromatic rings. The van der Waals surface area contributed by atoms with Crippen LogP contribution in [0.1, 0.15) is 0 Å². The molecular weight excluding hydrogens is 258 g/mol. The molecule has 3 rings (SSSR count). The van der Waals surface area contributed by atoms with Crippen molar-refractivity contribution in [2.45, 2.75) is 0 Å². The molecule has 2 amide bonds. The molecule has 100 valence electrons. The first kappa shape index (κ1) is 12.0. The largest absolute Gasteiger partial charge is 0.381 e. The molecule has 4 N–H and O–H groups in total. The molecule has 6 nitrogen and oxygen atoms in total. The highest BCUT2D eigenvalue weighted by molar-refractivity contribution is 6.39. The molecule has 0 spiro atoms. The molecule has 0 fully saturated rings. The Morgan fingerprint density at radius 3 is 2.70 bits per heavy atom. The number of carbonyl (C=O) groups excluding carboxylic acids is 2. The number of amides is 2. The van der Waals surface area contributed by atoms with Crippen LogP contribution < -0.4 is 21.4 Å². The predicted octanol–water partition coefficient (Wildman–Crippen LogP) is 1.50. The lowest BCUT2D eigenvalue weighted by atomic mass is 10.0. The maximum atomic E-state index is 11.2. The van der Waals surface area contributed by atoms with Gasteiger partial charge in [-0.1, -0.05) is 18.2 Å². The van der Waals surface area contributed by atoms with Crippen LogP contribution in [0.25, 0.3) is 11.1 Å². The summed E-state index contributed by atoms with van der Waals surface area (Å²) in [6, 6.07) is 12.8. The van der Waals surface area contributed by atoms with Crippen LogP contribution in [0.15, 0.2) is 42.5 Å². The number of nitrogens with two attached hydrogens (primary N) is 1. The van der Waals surface area contributed by atoms with E-state index in [1.165, 1.54) is 0 Å². The minimum Gasteiger partial charge on any atom is -0.381 e. The van der Waals surface area contributed by atoms with Gasteiger partial charge in [-0.15, -0.1) is 0 Å². The van der Waals surface area contributed by atoms with Crippen LogP contribution in [-0.4, -0.2) is 11.8 Å². The number of fused-ring (bicyclic) bond motifs is 3. The number of benzene rings is 2. The average molecular weight is 269 g/mol. The SMILES string of the molecule is NC(=O)C(=O)Nc1ccc2c(c1)NOc1ccccc1-2. The lowest BCUT2D eigenvalue weighted by Crippen LogP contribution is -2.29. The van der Waals surface area contributed by atoms with Crippen LogP contribution in [0.3, 0.4) is 0 Å². The van der Waals surface area contributed by atoms with Crippen LogP contribution in [0.2, 0.25) is 0 Å². The fourth-order valence-corrected chi connectivity index (χ4v) is 2.02. The first-order chi connectivity index (χ1) is 9.65. The van der Waals surface area contributed by atoms with Gasteiger partial charge in [0.15, 0.2) is 5.75 Å². The smallest absolute Gasteiger partial charge is 0.313 e. The van der Waals surface area contributed by atoms with Crippen molar-refractivity contribution in [3.63, 3.8) is 0 Å². The van der Waals surface area contributed by atoms with Crippen molar-refractivity contribution in [1.29, 1.82) is 0 Å². The average Bonchev–Trinajstić information content (AvgIpc) is 2.46. The third-order valence-corrected chi connectivity index (χ3v) is 2.95. The van der Waals surface area contributed by atoms with Gasteiger partial charge in [0.1, 0.15) is 0 Å². The molecule has 0 aliphatic carbocycles. The van der Waals surface area contributed by atoms with E-state index in [1.807, 2.05) is 30.3 Å². The van der Waals surface area contributed by atoms with Gasteiger partial charge < -0.3 is 15.9 Å². The molecule has 0 atom stereocenters. The van der Waals surface area contributed by atoms with E-state index in [0.717, 1.165) is 16.9 Å². The van der Waals surface area contributed by atoms with Crippen LogP contribution in [0, 0.1) is 0 Å². The van der Waals surface area contributed by atoms with Crippen molar-refractivity contribution in [3.05, 3.63) is 42.5 Å². The van der Waals surface area contributed by atoms with E-state index >= 15 is 0 Å². The Balaban J connectivity index is 1.96. The summed E-state index contributed by atoms with van der Waals surface area (Å²) in [5, 5.41) is 2.41. The van der Waals surface area contributed by atoms with E-state index in [1.54, 1.807) is 12.1 Å². The first-order valence-corrected chi connectivity index (χ1v) is 5.92. The van der Waals surface area contributed by atoms with Crippen LogP contribution in [0.5, 0.6) is 5.75 Å². The Hall–Kier alpha value is -3.02. The van der Waals surface area contributed by atoms with Crippen LogP contribution in [0.4, 0.5) is 11.4 Å². The first-order valence-electron chi connectivity index (χ1n) is 5.92. The van der Waals surface area contributed by atoms with Crippen molar-refractivity contribution >= 4 is 23.2 Å². The fraction of sp³-hybridized carbons (Fsp3) is 0. The van der Waals surface area contributed by atoms with E-state index in [2.05, 4.69) is 10.8 Å². The number of carbonyl (C=O) groups is 2. The minimum atomic E-state index is -1.03. The highest BCUT2D eigenvalue weighted by Gasteiger charge is 2.17. The molecule has 0 unspecified atom stereocenters. The maximum Gasteiger partial charge on any atom is 0.313 e.